The monoisotopic (exact) mass is 554 g/mol. The number of alkyl halides is 3. The number of ether oxygens (including phenoxy) is 1. The summed E-state index contributed by atoms with van der Waals surface area (Å²) in [7, 11) is 0. The third-order valence-corrected chi connectivity index (χ3v) is 5.09. The summed E-state index contributed by atoms with van der Waals surface area (Å²) >= 11 is 12.0. The summed E-state index contributed by atoms with van der Waals surface area (Å²) in [5, 5.41) is 6.66. The Balaban J connectivity index is 1.61. The number of aromatic nitrogens is 3. The van der Waals surface area contributed by atoms with Crippen molar-refractivity contribution in [2.45, 2.75) is 6.36 Å². The molecule has 14 heteroatoms. The van der Waals surface area contributed by atoms with Crippen molar-refractivity contribution in [2.24, 2.45) is 5.10 Å². The average molecular weight is 555 g/mol. The topological polar surface area (TPSA) is 84.3 Å². The van der Waals surface area contributed by atoms with Gasteiger partial charge in [-0.05, 0) is 60.2 Å². The predicted molar refractivity (Wildman–Crippen MR) is 129 cm³/mol. The summed E-state index contributed by atoms with van der Waals surface area (Å²) in [5.41, 5.74) is 3.20. The van der Waals surface area contributed by atoms with E-state index in [-0.39, 0.29) is 33.3 Å². The van der Waals surface area contributed by atoms with Crippen LogP contribution >= 0.6 is 23.2 Å². The number of hydrogen-bond acceptors (Lipinski definition) is 7. The highest BCUT2D eigenvalue weighted by Crippen LogP contribution is 2.30. The molecular weight excluding hydrogens is 542 g/mol. The number of nitrogens with zero attached hydrogens (tertiary/aromatic N) is 4. The van der Waals surface area contributed by atoms with Gasteiger partial charge in [-0.2, -0.15) is 20.1 Å². The van der Waals surface area contributed by atoms with Crippen molar-refractivity contribution in [1.82, 2.24) is 15.0 Å². The van der Waals surface area contributed by atoms with Crippen LogP contribution in [0.4, 0.5) is 39.5 Å². The molecule has 0 aliphatic rings. The lowest BCUT2D eigenvalue weighted by molar-refractivity contribution is -0.274. The van der Waals surface area contributed by atoms with E-state index in [1.807, 2.05) is 0 Å². The van der Waals surface area contributed by atoms with E-state index in [4.69, 9.17) is 23.2 Å². The molecule has 4 aromatic rings. The van der Waals surface area contributed by atoms with Crippen molar-refractivity contribution in [3.05, 3.63) is 87.9 Å². The maximum Gasteiger partial charge on any atom is 0.573 e. The molecule has 0 bridgehead atoms. The fourth-order valence-corrected chi connectivity index (χ4v) is 3.36. The molecule has 0 amide bonds. The zero-order valence-corrected chi connectivity index (χ0v) is 19.7. The number of benzene rings is 3. The number of halogens is 7. The number of hydrogen-bond donors (Lipinski definition) is 2. The zero-order valence-electron chi connectivity index (χ0n) is 18.2. The highest BCUT2D eigenvalue weighted by molar-refractivity contribution is 6.33. The van der Waals surface area contributed by atoms with E-state index in [1.54, 1.807) is 0 Å². The first-order valence-electron chi connectivity index (χ1n) is 10.1. The Morgan fingerprint density at radius 1 is 0.838 bits per heavy atom. The fraction of sp³-hybridized carbons (Fsp3) is 0.0435. The van der Waals surface area contributed by atoms with Gasteiger partial charge in [0.15, 0.2) is 5.82 Å². The fourth-order valence-electron chi connectivity index (χ4n) is 2.93. The molecule has 0 atom stereocenters. The molecular formula is C23H13Cl2F5N6O. The molecule has 190 valence electrons. The van der Waals surface area contributed by atoms with Gasteiger partial charge in [0.05, 0.1) is 21.8 Å². The highest BCUT2D eigenvalue weighted by atomic mass is 35.5. The van der Waals surface area contributed by atoms with Crippen LogP contribution in [0.5, 0.6) is 5.75 Å². The van der Waals surface area contributed by atoms with Crippen LogP contribution in [-0.4, -0.2) is 27.5 Å². The van der Waals surface area contributed by atoms with Crippen LogP contribution in [-0.2, 0) is 0 Å². The van der Waals surface area contributed by atoms with Crippen molar-refractivity contribution < 1.29 is 26.7 Å². The van der Waals surface area contributed by atoms with Gasteiger partial charge in [-0.15, -0.1) is 13.2 Å². The van der Waals surface area contributed by atoms with Crippen LogP contribution in [0.25, 0.3) is 11.4 Å². The van der Waals surface area contributed by atoms with E-state index < -0.39 is 23.7 Å². The summed E-state index contributed by atoms with van der Waals surface area (Å²) in [6, 6.07) is 12.8. The first-order chi connectivity index (χ1) is 17.6. The first-order valence-corrected chi connectivity index (χ1v) is 10.9. The molecule has 0 aliphatic carbocycles. The second kappa shape index (κ2) is 10.9. The largest absolute Gasteiger partial charge is 0.573 e. The molecule has 1 aromatic heterocycles. The summed E-state index contributed by atoms with van der Waals surface area (Å²) < 4.78 is 68.8. The van der Waals surface area contributed by atoms with Crippen LogP contribution in [0.3, 0.4) is 0 Å². The molecule has 4 rings (SSSR count). The Bertz CT molecular complexity index is 1430. The first kappa shape index (κ1) is 26.0. The van der Waals surface area contributed by atoms with Gasteiger partial charge in [-0.3, -0.25) is 0 Å². The van der Waals surface area contributed by atoms with Crippen molar-refractivity contribution in [3.63, 3.8) is 0 Å². The third kappa shape index (κ3) is 7.02. The lowest BCUT2D eigenvalue weighted by atomic mass is 10.2. The molecule has 0 unspecified atom stereocenters. The quantitative estimate of drug-likeness (QED) is 0.142. The molecule has 0 saturated carbocycles. The van der Waals surface area contributed by atoms with Crippen LogP contribution in [0.2, 0.25) is 10.0 Å². The third-order valence-electron chi connectivity index (χ3n) is 4.49. The van der Waals surface area contributed by atoms with Crippen LogP contribution in [0.1, 0.15) is 5.56 Å². The standard InChI is InChI=1S/C23H13Cl2F5N6O/c24-15-2-1-3-18(27)19(15)20-33-21(32-13-6-9-17(26)16(25)10-13)35-22(34-20)36-31-11-12-4-7-14(8-5-12)37-23(28,29)30/h1-11H,(H2,32,33,34,35,36). The number of anilines is 3. The van der Waals surface area contributed by atoms with E-state index in [1.165, 1.54) is 48.7 Å². The van der Waals surface area contributed by atoms with Gasteiger partial charge in [0.2, 0.25) is 11.9 Å². The molecule has 2 N–H and O–H groups in total. The lowest BCUT2D eigenvalue weighted by Gasteiger charge is -2.10. The normalized spacial score (nSPS) is 11.5. The van der Waals surface area contributed by atoms with Gasteiger partial charge in [0, 0.05) is 5.69 Å². The number of rotatable bonds is 7. The second-order valence-corrected chi connectivity index (χ2v) is 7.96. The van der Waals surface area contributed by atoms with Gasteiger partial charge in [-0.1, -0.05) is 29.3 Å². The molecule has 0 fully saturated rings. The van der Waals surface area contributed by atoms with Gasteiger partial charge in [0.25, 0.3) is 0 Å². The summed E-state index contributed by atoms with van der Waals surface area (Å²) in [6.45, 7) is 0. The van der Waals surface area contributed by atoms with E-state index in [0.717, 1.165) is 18.2 Å². The molecule has 1 heterocycles. The van der Waals surface area contributed by atoms with Crippen LogP contribution < -0.4 is 15.5 Å². The van der Waals surface area contributed by atoms with E-state index in [0.29, 0.717) is 11.3 Å². The molecule has 0 radical (unpaired) electrons. The predicted octanol–water partition coefficient (Wildman–Crippen LogP) is 7.21. The van der Waals surface area contributed by atoms with Crippen LogP contribution in [0.15, 0.2) is 65.8 Å². The second-order valence-electron chi connectivity index (χ2n) is 7.14. The van der Waals surface area contributed by atoms with Gasteiger partial charge >= 0.3 is 6.36 Å². The van der Waals surface area contributed by atoms with Gasteiger partial charge < -0.3 is 10.1 Å². The molecule has 0 spiro atoms. The highest BCUT2D eigenvalue weighted by Gasteiger charge is 2.30. The van der Waals surface area contributed by atoms with Crippen molar-refractivity contribution in [3.8, 4) is 17.1 Å². The molecule has 0 aliphatic heterocycles. The van der Waals surface area contributed by atoms with Crippen LogP contribution in [0, 0.1) is 11.6 Å². The molecule has 3 aromatic carbocycles. The Labute approximate surface area is 216 Å². The molecule has 0 saturated heterocycles. The maximum atomic E-state index is 14.5. The van der Waals surface area contributed by atoms with Crippen molar-refractivity contribution in [2.75, 3.05) is 10.7 Å². The van der Waals surface area contributed by atoms with E-state index in [2.05, 4.69) is 35.5 Å². The zero-order chi connectivity index (χ0) is 26.6. The molecule has 7 nitrogen and oxygen atoms in total. The van der Waals surface area contributed by atoms with E-state index in [9.17, 15) is 22.0 Å². The molecule has 37 heavy (non-hydrogen) atoms. The Morgan fingerprint density at radius 3 is 2.24 bits per heavy atom. The van der Waals surface area contributed by atoms with Crippen molar-refractivity contribution in [1.29, 1.82) is 0 Å². The maximum absolute atomic E-state index is 14.5. The summed E-state index contributed by atoms with van der Waals surface area (Å²) in [6.07, 6.45) is -3.52. The number of nitrogens with one attached hydrogen (secondary N) is 2. The van der Waals surface area contributed by atoms with Gasteiger partial charge in [-0.25, -0.2) is 14.2 Å². The number of hydrazone groups is 1. The smallest absolute Gasteiger partial charge is 0.406 e. The Hall–Kier alpha value is -4.03. The minimum absolute atomic E-state index is 0.0394. The minimum atomic E-state index is -4.81. The summed E-state index contributed by atoms with van der Waals surface area (Å²) in [5.74, 6) is -2.05. The average Bonchev–Trinajstić information content (AvgIpc) is 2.81. The Morgan fingerprint density at radius 2 is 1.57 bits per heavy atom. The lowest BCUT2D eigenvalue weighted by Crippen LogP contribution is -2.17. The minimum Gasteiger partial charge on any atom is -0.406 e. The Kier molecular flexibility index (Phi) is 7.69. The van der Waals surface area contributed by atoms with E-state index >= 15 is 0 Å². The van der Waals surface area contributed by atoms with Gasteiger partial charge in [0.1, 0.15) is 17.4 Å². The van der Waals surface area contributed by atoms with Crippen molar-refractivity contribution >= 4 is 47.0 Å². The summed E-state index contributed by atoms with van der Waals surface area (Å²) in [4.78, 5) is 12.5. The SMILES string of the molecule is Fc1ccc(Nc2nc(NN=Cc3ccc(OC(F)(F)F)cc3)nc(-c3c(F)cccc3Cl)n2)cc1Cl.